The van der Waals surface area contributed by atoms with Crippen LogP contribution < -0.4 is 4.74 Å². The largest absolute Gasteiger partial charge is 0.497 e. The van der Waals surface area contributed by atoms with E-state index in [9.17, 15) is 0 Å². The van der Waals surface area contributed by atoms with Gasteiger partial charge in [0.1, 0.15) is 16.8 Å². The molecule has 142 valence electrons. The van der Waals surface area contributed by atoms with E-state index in [2.05, 4.69) is 20.4 Å². The maximum atomic E-state index is 8.90. The van der Waals surface area contributed by atoms with Crippen molar-refractivity contribution in [3.8, 4) is 28.9 Å². The summed E-state index contributed by atoms with van der Waals surface area (Å²) in [5.41, 5.74) is 1.99. The van der Waals surface area contributed by atoms with Gasteiger partial charge in [-0.15, -0.1) is 20.4 Å². The number of nitrogens with zero attached hydrogens (tertiary/aromatic N) is 6. The van der Waals surface area contributed by atoms with Crippen LogP contribution in [0.25, 0.3) is 17.1 Å². The Morgan fingerprint density at radius 1 is 0.931 bits per heavy atom. The third-order valence-corrected chi connectivity index (χ3v) is 5.14. The molecule has 0 aliphatic heterocycles. The zero-order valence-electron chi connectivity index (χ0n) is 15.2. The second-order valence-electron chi connectivity index (χ2n) is 5.82. The van der Waals surface area contributed by atoms with Crippen LogP contribution in [0, 0.1) is 11.3 Å². The van der Waals surface area contributed by atoms with Crippen LogP contribution >= 0.6 is 23.4 Å². The van der Waals surface area contributed by atoms with Gasteiger partial charge in [0.05, 0.1) is 12.8 Å². The highest BCUT2D eigenvalue weighted by Gasteiger charge is 2.17. The predicted molar refractivity (Wildman–Crippen MR) is 109 cm³/mol. The minimum Gasteiger partial charge on any atom is -0.497 e. The number of methoxy groups -OCH3 is 1. The van der Waals surface area contributed by atoms with Crippen LogP contribution in [0.1, 0.15) is 5.69 Å². The third-order valence-electron chi connectivity index (χ3n) is 4.02. The molecule has 4 aromatic rings. The van der Waals surface area contributed by atoms with E-state index in [-0.39, 0.29) is 5.69 Å². The zero-order valence-corrected chi connectivity index (χ0v) is 16.7. The van der Waals surface area contributed by atoms with Gasteiger partial charge in [-0.3, -0.25) is 4.57 Å². The smallest absolute Gasteiger partial charge is 0.202 e. The van der Waals surface area contributed by atoms with Crippen LogP contribution in [0.2, 0.25) is 5.02 Å². The summed E-state index contributed by atoms with van der Waals surface area (Å²) in [7, 11) is 1.62. The number of hydrogen-bond acceptors (Lipinski definition) is 7. The Balaban J connectivity index is 1.79. The molecule has 29 heavy (non-hydrogen) atoms. The Morgan fingerprint density at radius 3 is 2.31 bits per heavy atom. The van der Waals surface area contributed by atoms with E-state index in [4.69, 9.17) is 21.6 Å². The molecule has 0 saturated heterocycles. The van der Waals surface area contributed by atoms with Gasteiger partial charge in [0, 0.05) is 10.6 Å². The monoisotopic (exact) mass is 420 g/mol. The lowest BCUT2D eigenvalue weighted by molar-refractivity contribution is 0.414. The fraction of sp³-hybridized carbons (Fsp3) is 0.0500. The first-order valence-corrected chi connectivity index (χ1v) is 9.65. The molecule has 2 aromatic heterocycles. The van der Waals surface area contributed by atoms with E-state index in [1.54, 1.807) is 19.2 Å². The van der Waals surface area contributed by atoms with E-state index in [1.165, 1.54) is 11.8 Å². The van der Waals surface area contributed by atoms with Crippen LogP contribution in [0.3, 0.4) is 0 Å². The highest BCUT2D eigenvalue weighted by Crippen LogP contribution is 2.32. The summed E-state index contributed by atoms with van der Waals surface area (Å²) in [5, 5.41) is 27.4. The van der Waals surface area contributed by atoms with Crippen molar-refractivity contribution in [2.24, 2.45) is 0 Å². The Kier molecular flexibility index (Phi) is 5.42. The van der Waals surface area contributed by atoms with Crippen molar-refractivity contribution in [2.75, 3.05) is 7.11 Å². The number of benzene rings is 2. The van der Waals surface area contributed by atoms with E-state index in [0.717, 1.165) is 17.0 Å². The minimum atomic E-state index is 0.257. The molecule has 0 fully saturated rings. The number of aromatic nitrogens is 5. The van der Waals surface area contributed by atoms with Crippen molar-refractivity contribution in [3.63, 3.8) is 0 Å². The number of ether oxygens (including phenoxy) is 1. The number of rotatable bonds is 5. The van der Waals surface area contributed by atoms with Gasteiger partial charge in [0.15, 0.2) is 11.5 Å². The highest BCUT2D eigenvalue weighted by atomic mass is 35.5. The zero-order chi connectivity index (χ0) is 20.2. The molecule has 2 aromatic carbocycles. The summed E-state index contributed by atoms with van der Waals surface area (Å²) in [4.78, 5) is 0. The van der Waals surface area contributed by atoms with Crippen molar-refractivity contribution in [3.05, 3.63) is 71.4 Å². The molecule has 0 N–H and O–H groups in total. The van der Waals surface area contributed by atoms with Crippen molar-refractivity contribution in [2.45, 2.75) is 10.2 Å². The van der Waals surface area contributed by atoms with E-state index in [1.807, 2.05) is 59.2 Å². The van der Waals surface area contributed by atoms with E-state index in [0.29, 0.717) is 21.0 Å². The Morgan fingerprint density at radius 2 is 1.69 bits per heavy atom. The average Bonchev–Trinajstić information content (AvgIpc) is 3.18. The van der Waals surface area contributed by atoms with Crippen LogP contribution in [-0.2, 0) is 0 Å². The molecule has 0 atom stereocenters. The predicted octanol–water partition coefficient (Wildman–Crippen LogP) is 4.41. The van der Waals surface area contributed by atoms with Gasteiger partial charge in [-0.2, -0.15) is 5.26 Å². The topological polar surface area (TPSA) is 89.5 Å². The highest BCUT2D eigenvalue weighted by molar-refractivity contribution is 7.99. The quantitative estimate of drug-likeness (QED) is 0.472. The van der Waals surface area contributed by atoms with Crippen LogP contribution in [-0.4, -0.2) is 32.1 Å². The van der Waals surface area contributed by atoms with Crippen molar-refractivity contribution in [1.29, 1.82) is 5.26 Å². The molecular formula is C20H13ClN6OS. The molecule has 9 heteroatoms. The summed E-state index contributed by atoms with van der Waals surface area (Å²) in [6, 6.07) is 20.3. The van der Waals surface area contributed by atoms with Crippen LogP contribution in [0.15, 0.2) is 70.8 Å². The molecule has 2 heterocycles. The first kappa shape index (κ1) is 18.9. The summed E-state index contributed by atoms with van der Waals surface area (Å²) in [6.45, 7) is 0. The van der Waals surface area contributed by atoms with Gasteiger partial charge < -0.3 is 4.74 Å². The standard InChI is InChI=1S/C20H13ClN6OS/c1-28-17-9-7-16(8-10-17)27-19(13-2-4-14(21)5-3-13)25-26-20(27)29-18-11-6-15(12-22)23-24-18/h2-11H,1H3. The van der Waals surface area contributed by atoms with E-state index >= 15 is 0 Å². The molecule has 0 aliphatic rings. The van der Waals surface area contributed by atoms with Crippen LogP contribution in [0.5, 0.6) is 5.75 Å². The molecule has 0 saturated carbocycles. The second kappa shape index (κ2) is 8.31. The van der Waals surface area contributed by atoms with Gasteiger partial charge in [0.2, 0.25) is 5.16 Å². The number of hydrogen-bond donors (Lipinski definition) is 0. The lowest BCUT2D eigenvalue weighted by Crippen LogP contribution is -2.00. The Labute approximate surface area is 175 Å². The Bertz CT molecular complexity index is 1170. The summed E-state index contributed by atoms with van der Waals surface area (Å²) in [5.74, 6) is 1.41. The maximum absolute atomic E-state index is 8.90. The molecule has 0 bridgehead atoms. The summed E-state index contributed by atoms with van der Waals surface area (Å²) < 4.78 is 7.18. The second-order valence-corrected chi connectivity index (χ2v) is 7.24. The van der Waals surface area contributed by atoms with Gasteiger partial charge in [-0.1, -0.05) is 11.6 Å². The van der Waals surface area contributed by atoms with Crippen molar-refractivity contribution < 1.29 is 4.74 Å². The number of nitriles is 1. The molecular weight excluding hydrogens is 408 g/mol. The fourth-order valence-corrected chi connectivity index (χ4v) is 3.51. The maximum Gasteiger partial charge on any atom is 0.202 e. The van der Waals surface area contributed by atoms with Gasteiger partial charge in [-0.25, -0.2) is 0 Å². The molecule has 0 aliphatic carbocycles. The van der Waals surface area contributed by atoms with Crippen molar-refractivity contribution >= 4 is 23.4 Å². The van der Waals surface area contributed by atoms with Crippen molar-refractivity contribution in [1.82, 2.24) is 25.0 Å². The van der Waals surface area contributed by atoms with Gasteiger partial charge in [-0.05, 0) is 72.4 Å². The summed E-state index contributed by atoms with van der Waals surface area (Å²) in [6.07, 6.45) is 0. The molecule has 0 radical (unpaired) electrons. The SMILES string of the molecule is COc1ccc(-n2c(Sc3ccc(C#N)nn3)nnc2-c2ccc(Cl)cc2)cc1. The normalized spacial score (nSPS) is 10.5. The first-order valence-electron chi connectivity index (χ1n) is 8.45. The number of halogens is 1. The fourth-order valence-electron chi connectivity index (χ4n) is 2.61. The molecule has 0 spiro atoms. The third kappa shape index (κ3) is 4.06. The molecule has 7 nitrogen and oxygen atoms in total. The summed E-state index contributed by atoms with van der Waals surface area (Å²) >= 11 is 7.33. The molecule has 4 rings (SSSR count). The Hall–Kier alpha value is -3.41. The minimum absolute atomic E-state index is 0.257. The van der Waals surface area contributed by atoms with E-state index < -0.39 is 0 Å². The molecule has 0 unspecified atom stereocenters. The van der Waals surface area contributed by atoms with Gasteiger partial charge in [0.25, 0.3) is 0 Å². The molecule has 0 amide bonds. The van der Waals surface area contributed by atoms with Gasteiger partial charge >= 0.3 is 0 Å². The average molecular weight is 421 g/mol. The van der Waals surface area contributed by atoms with Crippen LogP contribution in [0.4, 0.5) is 0 Å². The lowest BCUT2D eigenvalue weighted by Gasteiger charge is -2.11. The first-order chi connectivity index (χ1) is 14.2. The lowest BCUT2D eigenvalue weighted by atomic mass is 10.2.